The number of nitrogens with one attached hydrogen (secondary N) is 3. The fourth-order valence-corrected chi connectivity index (χ4v) is 3.15. The van der Waals surface area contributed by atoms with Crippen LogP contribution in [0.1, 0.15) is 11.1 Å². The molecule has 0 saturated heterocycles. The van der Waals surface area contributed by atoms with Crippen molar-refractivity contribution in [2.45, 2.75) is 18.4 Å². The molecule has 0 saturated carbocycles. The maximum absolute atomic E-state index is 13.9. The molecule has 3 nitrogen and oxygen atoms in total. The fourth-order valence-electron chi connectivity index (χ4n) is 2.96. The minimum atomic E-state index is -0.859. The molecule has 1 aromatic heterocycles. The lowest BCUT2D eigenvalue weighted by Gasteiger charge is -2.08. The van der Waals surface area contributed by atoms with Crippen molar-refractivity contribution in [3.05, 3.63) is 89.4 Å². The van der Waals surface area contributed by atoms with Crippen LogP contribution in [0.5, 0.6) is 0 Å². The van der Waals surface area contributed by atoms with Gasteiger partial charge in [-0.25, -0.2) is 13.2 Å². The number of thiol groups is 1. The topological polar surface area (TPSA) is 39.9 Å². The molecule has 0 aliphatic heterocycles. The van der Waals surface area contributed by atoms with E-state index in [9.17, 15) is 13.2 Å². The third-order valence-corrected chi connectivity index (χ3v) is 4.72. The van der Waals surface area contributed by atoms with Crippen molar-refractivity contribution < 1.29 is 13.2 Å². The van der Waals surface area contributed by atoms with E-state index < -0.39 is 11.6 Å². The van der Waals surface area contributed by atoms with Crippen molar-refractivity contribution >= 4 is 34.9 Å². The number of hydrogen-bond donors (Lipinski definition) is 4. The minimum absolute atomic E-state index is 0.238. The Bertz CT molecular complexity index is 1160. The van der Waals surface area contributed by atoms with Crippen LogP contribution in [-0.2, 0) is 6.54 Å². The van der Waals surface area contributed by atoms with E-state index >= 15 is 0 Å². The number of hydrogen-bond acceptors (Lipinski definition) is 3. The third kappa shape index (κ3) is 5.37. The van der Waals surface area contributed by atoms with Crippen LogP contribution in [0, 0.1) is 24.4 Å². The van der Waals surface area contributed by atoms with Gasteiger partial charge in [0.1, 0.15) is 5.82 Å². The SMILES string of the molecule is CNCc1c[nH]c2cc(Nc3ccc(C)cc3F)ccc12.Fc1ccc(S)cc1F. The number of aromatic amines is 1. The number of H-pyrrole nitrogens is 1. The van der Waals surface area contributed by atoms with E-state index in [0.717, 1.165) is 35.4 Å². The van der Waals surface area contributed by atoms with Crippen LogP contribution >= 0.6 is 12.6 Å². The molecule has 1 heterocycles. The maximum Gasteiger partial charge on any atom is 0.159 e. The van der Waals surface area contributed by atoms with Crippen molar-refractivity contribution in [2.75, 3.05) is 12.4 Å². The summed E-state index contributed by atoms with van der Waals surface area (Å²) >= 11 is 3.79. The molecule has 156 valence electrons. The van der Waals surface area contributed by atoms with Crippen molar-refractivity contribution in [2.24, 2.45) is 0 Å². The van der Waals surface area contributed by atoms with E-state index in [1.54, 1.807) is 6.07 Å². The Morgan fingerprint density at radius 3 is 2.37 bits per heavy atom. The molecule has 3 aromatic carbocycles. The molecule has 0 spiro atoms. The van der Waals surface area contributed by atoms with Gasteiger partial charge in [0.2, 0.25) is 0 Å². The summed E-state index contributed by atoms with van der Waals surface area (Å²) < 4.78 is 38.1. The molecule has 0 atom stereocenters. The highest BCUT2D eigenvalue weighted by molar-refractivity contribution is 7.80. The van der Waals surface area contributed by atoms with Crippen LogP contribution in [0.3, 0.4) is 0 Å². The normalized spacial score (nSPS) is 10.6. The Kier molecular flexibility index (Phi) is 7.07. The number of aromatic nitrogens is 1. The van der Waals surface area contributed by atoms with Gasteiger partial charge in [-0.2, -0.15) is 0 Å². The fraction of sp³-hybridized carbons (Fsp3) is 0.130. The monoisotopic (exact) mass is 429 g/mol. The average Bonchev–Trinajstić information content (AvgIpc) is 3.10. The van der Waals surface area contributed by atoms with Crippen LogP contribution in [-0.4, -0.2) is 12.0 Å². The zero-order valence-electron chi connectivity index (χ0n) is 16.6. The molecule has 0 amide bonds. The van der Waals surface area contributed by atoms with Crippen LogP contribution < -0.4 is 10.6 Å². The molecule has 0 aliphatic rings. The summed E-state index contributed by atoms with van der Waals surface area (Å²) in [7, 11) is 1.93. The van der Waals surface area contributed by atoms with Crippen molar-refractivity contribution in [1.82, 2.24) is 10.3 Å². The van der Waals surface area contributed by atoms with Gasteiger partial charge < -0.3 is 15.6 Å². The van der Waals surface area contributed by atoms with E-state index in [0.29, 0.717) is 10.6 Å². The molecule has 3 N–H and O–H groups in total. The number of halogens is 3. The second kappa shape index (κ2) is 9.73. The summed E-state index contributed by atoms with van der Waals surface area (Å²) in [5.41, 5.74) is 4.53. The highest BCUT2D eigenvalue weighted by Crippen LogP contribution is 2.26. The minimum Gasteiger partial charge on any atom is -0.361 e. The number of rotatable bonds is 4. The first-order chi connectivity index (χ1) is 14.4. The molecule has 0 bridgehead atoms. The van der Waals surface area contributed by atoms with Gasteiger partial charge >= 0.3 is 0 Å². The van der Waals surface area contributed by atoms with Gasteiger partial charge in [-0.15, -0.1) is 12.6 Å². The molecule has 0 unspecified atom stereocenters. The number of anilines is 2. The molecule has 0 fully saturated rings. The van der Waals surface area contributed by atoms with Gasteiger partial charge in [0.15, 0.2) is 11.6 Å². The molecular formula is C23H22F3N3S. The summed E-state index contributed by atoms with van der Waals surface area (Å²) in [6, 6.07) is 14.6. The Labute approximate surface area is 178 Å². The van der Waals surface area contributed by atoms with Gasteiger partial charge in [0, 0.05) is 34.2 Å². The lowest BCUT2D eigenvalue weighted by molar-refractivity contribution is 0.506. The van der Waals surface area contributed by atoms with Crippen LogP contribution in [0.2, 0.25) is 0 Å². The van der Waals surface area contributed by atoms with Crippen molar-refractivity contribution in [3.8, 4) is 0 Å². The summed E-state index contributed by atoms with van der Waals surface area (Å²) in [6.07, 6.45) is 2.00. The highest BCUT2D eigenvalue weighted by atomic mass is 32.1. The predicted molar refractivity (Wildman–Crippen MR) is 119 cm³/mol. The van der Waals surface area contributed by atoms with E-state index in [-0.39, 0.29) is 5.82 Å². The van der Waals surface area contributed by atoms with Gasteiger partial charge in [-0.05, 0) is 67.6 Å². The summed E-state index contributed by atoms with van der Waals surface area (Å²) in [5.74, 6) is -1.94. The molecule has 4 rings (SSSR count). The lowest BCUT2D eigenvalue weighted by Crippen LogP contribution is -2.03. The smallest absolute Gasteiger partial charge is 0.159 e. The van der Waals surface area contributed by atoms with Crippen molar-refractivity contribution in [3.63, 3.8) is 0 Å². The zero-order chi connectivity index (χ0) is 21.7. The highest BCUT2D eigenvalue weighted by Gasteiger charge is 2.06. The molecule has 7 heteroatoms. The first kappa shape index (κ1) is 21.8. The van der Waals surface area contributed by atoms with Crippen LogP contribution in [0.25, 0.3) is 10.9 Å². The van der Waals surface area contributed by atoms with Crippen LogP contribution in [0.15, 0.2) is 65.7 Å². The summed E-state index contributed by atoms with van der Waals surface area (Å²) in [6.45, 7) is 2.69. The Morgan fingerprint density at radius 2 is 1.70 bits per heavy atom. The summed E-state index contributed by atoms with van der Waals surface area (Å²) in [5, 5.41) is 7.45. The van der Waals surface area contributed by atoms with Crippen LogP contribution in [0.4, 0.5) is 24.5 Å². The predicted octanol–water partition coefficient (Wildman–Crippen LogP) is 6.33. The van der Waals surface area contributed by atoms with Gasteiger partial charge in [-0.1, -0.05) is 12.1 Å². The van der Waals surface area contributed by atoms with Gasteiger partial charge in [0.25, 0.3) is 0 Å². The standard InChI is InChI=1S/C17H18FN3.C6H4F2S/c1-11-3-6-16(15(18)7-11)21-13-4-5-14-12(9-19-2)10-20-17(14)8-13;7-5-2-1-4(9)3-6(5)8/h3-8,10,19-21H,9H2,1-2H3;1-3,9H. The number of benzene rings is 3. The zero-order valence-corrected chi connectivity index (χ0v) is 17.5. The number of fused-ring (bicyclic) bond motifs is 1. The third-order valence-electron chi connectivity index (χ3n) is 4.44. The van der Waals surface area contributed by atoms with Gasteiger partial charge in [0.05, 0.1) is 5.69 Å². The second-order valence-electron chi connectivity index (χ2n) is 6.81. The lowest BCUT2D eigenvalue weighted by atomic mass is 10.1. The van der Waals surface area contributed by atoms with E-state index in [4.69, 9.17) is 0 Å². The molecule has 30 heavy (non-hydrogen) atoms. The van der Waals surface area contributed by atoms with E-state index in [1.807, 2.05) is 44.4 Å². The first-order valence-corrected chi connectivity index (χ1v) is 9.74. The quantitative estimate of drug-likeness (QED) is 0.286. The van der Waals surface area contributed by atoms with Gasteiger partial charge in [-0.3, -0.25) is 0 Å². The van der Waals surface area contributed by atoms with E-state index in [2.05, 4.69) is 28.2 Å². The summed E-state index contributed by atoms with van der Waals surface area (Å²) in [4.78, 5) is 3.67. The second-order valence-corrected chi connectivity index (χ2v) is 7.33. The van der Waals surface area contributed by atoms with Crippen molar-refractivity contribution in [1.29, 1.82) is 0 Å². The maximum atomic E-state index is 13.9. The number of aryl methyl sites for hydroxylation is 1. The van der Waals surface area contributed by atoms with E-state index in [1.165, 1.54) is 23.1 Å². The Morgan fingerprint density at radius 1 is 0.900 bits per heavy atom. The molecule has 4 aromatic rings. The average molecular weight is 430 g/mol. The molecular weight excluding hydrogens is 407 g/mol. The Balaban J connectivity index is 0.000000239. The Hall–Kier alpha value is -2.90. The molecule has 0 radical (unpaired) electrons. The largest absolute Gasteiger partial charge is 0.361 e. The molecule has 0 aliphatic carbocycles. The first-order valence-electron chi connectivity index (χ1n) is 9.29.